The van der Waals surface area contributed by atoms with Gasteiger partial charge in [-0.25, -0.2) is 0 Å². The Bertz CT molecular complexity index is 472. The van der Waals surface area contributed by atoms with Gasteiger partial charge in [0, 0.05) is 50.4 Å². The molecule has 0 saturated carbocycles. The second-order valence-electron chi connectivity index (χ2n) is 5.78. The van der Waals surface area contributed by atoms with Crippen LogP contribution in [0.15, 0.2) is 17.4 Å². The van der Waals surface area contributed by atoms with Gasteiger partial charge in [-0.15, -0.1) is 24.0 Å². The Hall–Kier alpha value is -0.440. The molecule has 7 heteroatoms. The number of hydrogen-bond acceptors (Lipinski definition) is 3. The zero-order valence-electron chi connectivity index (χ0n) is 13.3. The minimum Gasteiger partial charge on any atom is -0.356 e. The number of guanidine groups is 1. The van der Waals surface area contributed by atoms with Gasteiger partial charge in [0.25, 0.3) is 0 Å². The molecule has 5 nitrogen and oxygen atoms in total. The summed E-state index contributed by atoms with van der Waals surface area (Å²) in [7, 11) is 3.81. The molecule has 1 aromatic heterocycles. The second-order valence-corrected chi connectivity index (χ2v) is 7.58. The van der Waals surface area contributed by atoms with Crippen LogP contribution in [-0.4, -0.2) is 57.8 Å². The molecule has 1 fully saturated rings. The van der Waals surface area contributed by atoms with Crippen molar-refractivity contribution in [1.82, 2.24) is 20.0 Å². The van der Waals surface area contributed by atoms with Crippen molar-refractivity contribution in [3.05, 3.63) is 18.0 Å². The van der Waals surface area contributed by atoms with Crippen molar-refractivity contribution in [1.29, 1.82) is 0 Å². The van der Waals surface area contributed by atoms with Crippen molar-refractivity contribution in [2.24, 2.45) is 12.0 Å². The average Bonchev–Trinajstić information content (AvgIpc) is 2.79. The molecular formula is C14H26IN5S. The summed E-state index contributed by atoms with van der Waals surface area (Å²) in [5.74, 6) is 2.18. The van der Waals surface area contributed by atoms with E-state index in [0.717, 1.165) is 37.8 Å². The zero-order valence-corrected chi connectivity index (χ0v) is 16.4. The smallest absolute Gasteiger partial charge is 0.193 e. The van der Waals surface area contributed by atoms with E-state index in [4.69, 9.17) is 0 Å². The maximum absolute atomic E-state index is 4.42. The van der Waals surface area contributed by atoms with Crippen LogP contribution in [0.5, 0.6) is 0 Å². The van der Waals surface area contributed by atoms with E-state index in [2.05, 4.69) is 40.4 Å². The molecule has 120 valence electrons. The van der Waals surface area contributed by atoms with Gasteiger partial charge in [0.2, 0.25) is 0 Å². The quantitative estimate of drug-likeness (QED) is 0.459. The molecule has 2 heterocycles. The first-order chi connectivity index (χ1) is 9.50. The lowest BCUT2D eigenvalue weighted by Crippen LogP contribution is -2.51. The molecule has 0 radical (unpaired) electrons. The largest absolute Gasteiger partial charge is 0.356 e. The van der Waals surface area contributed by atoms with Crippen molar-refractivity contribution in [3.8, 4) is 0 Å². The van der Waals surface area contributed by atoms with Gasteiger partial charge >= 0.3 is 0 Å². The minimum atomic E-state index is 0. The van der Waals surface area contributed by atoms with Crippen LogP contribution >= 0.6 is 35.7 Å². The Morgan fingerprint density at radius 1 is 1.52 bits per heavy atom. The van der Waals surface area contributed by atoms with Crippen LogP contribution in [0.2, 0.25) is 0 Å². The lowest BCUT2D eigenvalue weighted by atomic mass is 10.2. The number of nitrogens with one attached hydrogen (secondary N) is 1. The van der Waals surface area contributed by atoms with E-state index in [-0.39, 0.29) is 24.0 Å². The second kappa shape index (κ2) is 8.26. The molecule has 0 bridgehead atoms. The normalized spacial score (nSPS) is 18.3. The number of aliphatic imine (C=N–C) groups is 1. The summed E-state index contributed by atoms with van der Waals surface area (Å²) < 4.78 is 2.15. The third-order valence-corrected chi connectivity index (χ3v) is 4.69. The van der Waals surface area contributed by atoms with E-state index in [9.17, 15) is 0 Å². The third kappa shape index (κ3) is 5.69. The highest BCUT2D eigenvalue weighted by atomic mass is 127. The van der Waals surface area contributed by atoms with Crippen LogP contribution in [0.4, 0.5) is 0 Å². The van der Waals surface area contributed by atoms with Crippen LogP contribution in [0.25, 0.3) is 0 Å². The Morgan fingerprint density at radius 3 is 2.86 bits per heavy atom. The predicted molar refractivity (Wildman–Crippen MR) is 102 cm³/mol. The Morgan fingerprint density at radius 2 is 2.29 bits per heavy atom. The number of thioether (sulfide) groups is 1. The molecule has 1 N–H and O–H groups in total. The van der Waals surface area contributed by atoms with E-state index in [1.165, 1.54) is 5.56 Å². The van der Waals surface area contributed by atoms with Gasteiger partial charge in [0.15, 0.2) is 5.96 Å². The fourth-order valence-electron chi connectivity index (χ4n) is 2.45. The molecule has 0 amide bonds. The first kappa shape index (κ1) is 18.6. The fourth-order valence-corrected chi connectivity index (χ4v) is 3.56. The Labute approximate surface area is 149 Å². The average molecular weight is 423 g/mol. The molecular weight excluding hydrogens is 397 g/mol. The van der Waals surface area contributed by atoms with Crippen molar-refractivity contribution in [2.75, 3.05) is 32.4 Å². The number of aryl methyl sites for hydroxylation is 1. The molecule has 0 aliphatic carbocycles. The summed E-state index contributed by atoms with van der Waals surface area (Å²) in [6.45, 7) is 7.60. The standard InChI is InChI=1S/C14H25N5S.HI/c1-14(2)11-19(7-8-20-14)13(15-3)16-6-5-12-9-17-18(4)10-12;/h9-10H,5-8,11H2,1-4H3,(H,15,16);1H. The van der Waals surface area contributed by atoms with E-state index in [1.54, 1.807) is 0 Å². The van der Waals surface area contributed by atoms with Gasteiger partial charge in [0.1, 0.15) is 0 Å². The number of nitrogens with zero attached hydrogens (tertiary/aromatic N) is 4. The molecule has 0 atom stereocenters. The van der Waals surface area contributed by atoms with Crippen LogP contribution in [-0.2, 0) is 13.5 Å². The Balaban J connectivity index is 0.00000220. The molecule has 0 aromatic carbocycles. The highest BCUT2D eigenvalue weighted by Crippen LogP contribution is 2.29. The van der Waals surface area contributed by atoms with Gasteiger partial charge in [0.05, 0.1) is 6.20 Å². The molecule has 1 aliphatic rings. The summed E-state index contributed by atoms with van der Waals surface area (Å²) in [5, 5.41) is 7.65. The molecule has 2 rings (SSSR count). The van der Waals surface area contributed by atoms with Gasteiger partial charge < -0.3 is 10.2 Å². The minimum absolute atomic E-state index is 0. The first-order valence-corrected chi connectivity index (χ1v) is 8.06. The van der Waals surface area contributed by atoms with E-state index >= 15 is 0 Å². The number of rotatable bonds is 3. The SMILES string of the molecule is CN=C(NCCc1cnn(C)c1)N1CCSC(C)(C)C1.I. The van der Waals surface area contributed by atoms with Crippen molar-refractivity contribution < 1.29 is 0 Å². The topological polar surface area (TPSA) is 45.5 Å². The van der Waals surface area contributed by atoms with Crippen LogP contribution in [0, 0.1) is 0 Å². The van der Waals surface area contributed by atoms with Gasteiger partial charge in [-0.05, 0) is 25.8 Å². The molecule has 1 saturated heterocycles. The van der Waals surface area contributed by atoms with Gasteiger partial charge in [-0.2, -0.15) is 16.9 Å². The van der Waals surface area contributed by atoms with Gasteiger partial charge in [-0.3, -0.25) is 9.67 Å². The maximum Gasteiger partial charge on any atom is 0.193 e. The summed E-state index contributed by atoms with van der Waals surface area (Å²) >= 11 is 2.04. The molecule has 1 aliphatic heterocycles. The molecule has 0 unspecified atom stereocenters. The monoisotopic (exact) mass is 423 g/mol. The Kier molecular flexibility index (Phi) is 7.32. The number of aromatic nitrogens is 2. The van der Waals surface area contributed by atoms with Crippen LogP contribution in [0.1, 0.15) is 19.4 Å². The summed E-state index contributed by atoms with van der Waals surface area (Å²) in [6, 6.07) is 0. The zero-order chi connectivity index (χ0) is 14.6. The summed E-state index contributed by atoms with van der Waals surface area (Å²) in [4.78, 5) is 6.78. The highest BCUT2D eigenvalue weighted by Gasteiger charge is 2.28. The van der Waals surface area contributed by atoms with E-state index in [0.29, 0.717) is 4.75 Å². The number of halogens is 1. The van der Waals surface area contributed by atoms with E-state index in [1.807, 2.05) is 36.7 Å². The van der Waals surface area contributed by atoms with E-state index < -0.39 is 0 Å². The summed E-state index contributed by atoms with van der Waals surface area (Å²) in [6.07, 6.45) is 4.95. The fraction of sp³-hybridized carbons (Fsp3) is 0.714. The first-order valence-electron chi connectivity index (χ1n) is 7.07. The van der Waals surface area contributed by atoms with Crippen LogP contribution < -0.4 is 5.32 Å². The van der Waals surface area contributed by atoms with Crippen LogP contribution in [0.3, 0.4) is 0 Å². The predicted octanol–water partition coefficient (Wildman–Crippen LogP) is 1.98. The highest BCUT2D eigenvalue weighted by molar-refractivity contribution is 14.0. The maximum atomic E-state index is 4.42. The molecule has 1 aromatic rings. The van der Waals surface area contributed by atoms with Crippen molar-refractivity contribution in [2.45, 2.75) is 25.0 Å². The van der Waals surface area contributed by atoms with Gasteiger partial charge in [-0.1, -0.05) is 0 Å². The third-order valence-electron chi connectivity index (χ3n) is 3.39. The lowest BCUT2D eigenvalue weighted by molar-refractivity contribution is 0.376. The molecule has 0 spiro atoms. The summed E-state index contributed by atoms with van der Waals surface area (Å²) in [5.41, 5.74) is 1.25. The van der Waals surface area contributed by atoms with Crippen molar-refractivity contribution >= 4 is 41.7 Å². The number of hydrogen-bond donors (Lipinski definition) is 1. The lowest BCUT2D eigenvalue weighted by Gasteiger charge is -2.39. The molecule has 21 heavy (non-hydrogen) atoms. The van der Waals surface area contributed by atoms with Crippen molar-refractivity contribution in [3.63, 3.8) is 0 Å².